The second-order valence-electron chi connectivity index (χ2n) is 7.01. The second-order valence-corrected chi connectivity index (χ2v) is 7.01. The fourth-order valence-corrected chi connectivity index (χ4v) is 3.62. The lowest BCUT2D eigenvalue weighted by molar-refractivity contribution is -0.147. The molecule has 23 heavy (non-hydrogen) atoms. The van der Waals surface area contributed by atoms with Crippen molar-refractivity contribution in [3.63, 3.8) is 0 Å². The van der Waals surface area contributed by atoms with Crippen LogP contribution in [0.1, 0.15) is 44.1 Å². The van der Waals surface area contributed by atoms with Gasteiger partial charge in [0.2, 0.25) is 0 Å². The van der Waals surface area contributed by atoms with Crippen LogP contribution < -0.4 is 4.74 Å². The first-order chi connectivity index (χ1) is 11.2. The fraction of sp³-hybridized carbons (Fsp3) is 0.632. The van der Waals surface area contributed by atoms with Gasteiger partial charge in [-0.1, -0.05) is 44.2 Å². The summed E-state index contributed by atoms with van der Waals surface area (Å²) in [6.45, 7) is 2.96. The quantitative estimate of drug-likeness (QED) is 0.835. The number of nitrogens with zero attached hydrogens (tertiary/aromatic N) is 1. The molecule has 4 heteroatoms. The third-order valence-electron chi connectivity index (χ3n) is 5.16. The van der Waals surface area contributed by atoms with Gasteiger partial charge in [0.1, 0.15) is 5.75 Å². The molecule has 1 aliphatic heterocycles. The monoisotopic (exact) mass is 317 g/mol. The number of carbonyl (C=O) groups is 1. The van der Waals surface area contributed by atoms with Gasteiger partial charge in [0, 0.05) is 19.6 Å². The maximum absolute atomic E-state index is 10.8. The van der Waals surface area contributed by atoms with E-state index in [1.165, 1.54) is 44.1 Å². The molecule has 0 radical (unpaired) electrons. The van der Waals surface area contributed by atoms with Crippen LogP contribution in [-0.4, -0.2) is 35.7 Å². The Hall–Kier alpha value is -1.55. The molecule has 0 unspecified atom stereocenters. The molecular weight excluding hydrogens is 290 g/mol. The number of benzene rings is 1. The molecule has 3 rings (SSSR count). The van der Waals surface area contributed by atoms with Crippen LogP contribution in [0.25, 0.3) is 0 Å². The highest BCUT2D eigenvalue weighted by atomic mass is 16.5. The van der Waals surface area contributed by atoms with E-state index in [0.717, 1.165) is 24.8 Å². The van der Waals surface area contributed by atoms with Crippen molar-refractivity contribution in [1.29, 1.82) is 0 Å². The summed E-state index contributed by atoms with van der Waals surface area (Å²) in [5.74, 6) is 0.938. The molecule has 0 amide bonds. The van der Waals surface area contributed by atoms with Gasteiger partial charge in [0.05, 0.1) is 12.5 Å². The number of rotatable bonds is 7. The van der Waals surface area contributed by atoms with E-state index < -0.39 is 5.97 Å². The van der Waals surface area contributed by atoms with Gasteiger partial charge in [0.15, 0.2) is 0 Å². The summed E-state index contributed by atoms with van der Waals surface area (Å²) in [6, 6.07) is 8.24. The third-order valence-corrected chi connectivity index (χ3v) is 5.16. The zero-order valence-corrected chi connectivity index (χ0v) is 13.7. The van der Waals surface area contributed by atoms with E-state index in [9.17, 15) is 4.79 Å². The topological polar surface area (TPSA) is 49.8 Å². The van der Waals surface area contributed by atoms with Gasteiger partial charge in [0.25, 0.3) is 0 Å². The van der Waals surface area contributed by atoms with Crippen LogP contribution in [-0.2, 0) is 11.3 Å². The van der Waals surface area contributed by atoms with Crippen molar-refractivity contribution >= 4 is 5.97 Å². The number of carboxylic acids is 1. The summed E-state index contributed by atoms with van der Waals surface area (Å²) in [5, 5.41) is 8.89. The van der Waals surface area contributed by atoms with Crippen LogP contribution in [0.5, 0.6) is 5.75 Å². The van der Waals surface area contributed by atoms with Gasteiger partial charge < -0.3 is 9.84 Å². The van der Waals surface area contributed by atoms with Crippen molar-refractivity contribution in [2.75, 3.05) is 19.7 Å². The average molecular weight is 317 g/mol. The molecule has 1 aromatic rings. The normalized spacial score (nSPS) is 20.2. The van der Waals surface area contributed by atoms with Crippen LogP contribution >= 0.6 is 0 Å². The molecule has 2 fully saturated rings. The van der Waals surface area contributed by atoms with Crippen molar-refractivity contribution < 1.29 is 14.6 Å². The molecule has 1 saturated carbocycles. The van der Waals surface area contributed by atoms with Crippen molar-refractivity contribution in [3.8, 4) is 5.75 Å². The highest BCUT2D eigenvalue weighted by Crippen LogP contribution is 2.26. The predicted octanol–water partition coefficient (Wildman–Crippen LogP) is 3.55. The van der Waals surface area contributed by atoms with E-state index in [-0.39, 0.29) is 5.92 Å². The molecule has 2 aliphatic rings. The maximum atomic E-state index is 10.8. The van der Waals surface area contributed by atoms with Crippen LogP contribution in [0.4, 0.5) is 0 Å². The van der Waals surface area contributed by atoms with Gasteiger partial charge in [-0.2, -0.15) is 0 Å². The number of hydrogen-bond donors (Lipinski definition) is 1. The number of likely N-dealkylation sites (tertiary alicyclic amines) is 1. The van der Waals surface area contributed by atoms with Gasteiger partial charge >= 0.3 is 5.97 Å². The smallest absolute Gasteiger partial charge is 0.309 e. The van der Waals surface area contributed by atoms with E-state index >= 15 is 0 Å². The number of ether oxygens (including phenoxy) is 1. The Labute approximate surface area is 138 Å². The largest absolute Gasteiger partial charge is 0.494 e. The van der Waals surface area contributed by atoms with Gasteiger partial charge in [-0.15, -0.1) is 0 Å². The summed E-state index contributed by atoms with van der Waals surface area (Å²) in [6.07, 6.45) is 8.09. The first-order valence-electron chi connectivity index (χ1n) is 8.87. The summed E-state index contributed by atoms with van der Waals surface area (Å²) in [5.41, 5.74) is 1.22. The maximum Gasteiger partial charge on any atom is 0.309 e. The predicted molar refractivity (Wildman–Crippen MR) is 89.5 cm³/mol. The Bertz CT molecular complexity index is 502. The van der Waals surface area contributed by atoms with Crippen LogP contribution in [0.15, 0.2) is 24.3 Å². The molecule has 1 aromatic carbocycles. The Kier molecular flexibility index (Phi) is 5.55. The summed E-state index contributed by atoms with van der Waals surface area (Å²) in [4.78, 5) is 13.0. The fourth-order valence-electron chi connectivity index (χ4n) is 3.62. The number of aliphatic carboxylic acids is 1. The molecular formula is C19H27NO3. The van der Waals surface area contributed by atoms with E-state index in [1.54, 1.807) is 0 Å². The molecule has 0 spiro atoms. The molecule has 0 atom stereocenters. The molecule has 1 saturated heterocycles. The lowest BCUT2D eigenvalue weighted by Crippen LogP contribution is -2.49. The minimum atomic E-state index is -0.678. The number of carboxylic acid groups (broad SMARTS) is 1. The van der Waals surface area contributed by atoms with Crippen molar-refractivity contribution in [1.82, 2.24) is 4.90 Å². The molecule has 126 valence electrons. The first kappa shape index (κ1) is 16.3. The summed E-state index contributed by atoms with van der Waals surface area (Å²) < 4.78 is 5.87. The van der Waals surface area contributed by atoms with Crippen molar-refractivity contribution in [2.24, 2.45) is 11.8 Å². The molecule has 1 heterocycles. The van der Waals surface area contributed by atoms with E-state index in [0.29, 0.717) is 13.1 Å². The highest BCUT2D eigenvalue weighted by Gasteiger charge is 2.32. The lowest BCUT2D eigenvalue weighted by Gasteiger charge is -2.36. The van der Waals surface area contributed by atoms with E-state index in [2.05, 4.69) is 17.0 Å². The van der Waals surface area contributed by atoms with Gasteiger partial charge in [-0.3, -0.25) is 9.69 Å². The minimum Gasteiger partial charge on any atom is -0.494 e. The lowest BCUT2D eigenvalue weighted by atomic mass is 9.87. The highest BCUT2D eigenvalue weighted by molar-refractivity contribution is 5.71. The van der Waals surface area contributed by atoms with E-state index in [1.807, 2.05) is 12.1 Å². The third kappa shape index (κ3) is 4.71. The standard InChI is InChI=1S/C19H27NO3/c21-19(22)17-13-20(14-17)12-16-6-8-18(9-7-16)23-11-10-15-4-2-1-3-5-15/h6-9,15,17H,1-5,10-14H2,(H,21,22). The van der Waals surface area contributed by atoms with Crippen molar-refractivity contribution in [3.05, 3.63) is 29.8 Å². The van der Waals surface area contributed by atoms with Crippen molar-refractivity contribution in [2.45, 2.75) is 45.1 Å². The van der Waals surface area contributed by atoms with Crippen LogP contribution in [0.2, 0.25) is 0 Å². The molecule has 0 bridgehead atoms. The second kappa shape index (κ2) is 7.82. The minimum absolute atomic E-state index is 0.183. The summed E-state index contributed by atoms with van der Waals surface area (Å²) in [7, 11) is 0. The molecule has 4 nitrogen and oxygen atoms in total. The average Bonchev–Trinajstić information content (AvgIpc) is 2.52. The Balaban J connectivity index is 1.36. The zero-order valence-electron chi connectivity index (χ0n) is 13.7. The summed E-state index contributed by atoms with van der Waals surface area (Å²) >= 11 is 0. The van der Waals surface area contributed by atoms with Gasteiger partial charge in [-0.25, -0.2) is 0 Å². The van der Waals surface area contributed by atoms with E-state index in [4.69, 9.17) is 9.84 Å². The molecule has 1 N–H and O–H groups in total. The van der Waals surface area contributed by atoms with Gasteiger partial charge in [-0.05, 0) is 30.0 Å². The number of hydrogen-bond acceptors (Lipinski definition) is 3. The first-order valence-corrected chi connectivity index (χ1v) is 8.87. The zero-order chi connectivity index (χ0) is 16.1. The molecule has 0 aromatic heterocycles. The Morgan fingerprint density at radius 1 is 1.13 bits per heavy atom. The Morgan fingerprint density at radius 2 is 1.83 bits per heavy atom. The molecule has 1 aliphatic carbocycles. The Morgan fingerprint density at radius 3 is 2.48 bits per heavy atom. The van der Waals surface area contributed by atoms with Crippen LogP contribution in [0, 0.1) is 11.8 Å². The van der Waals surface area contributed by atoms with Crippen LogP contribution in [0.3, 0.4) is 0 Å². The SMILES string of the molecule is O=C(O)C1CN(Cc2ccc(OCCC3CCCCC3)cc2)C1.